The SMILES string of the molecule is CCOC(=O)C(C)Nc1nc(CCC(=O)OC)cs1. The largest absolute Gasteiger partial charge is 0.469 e. The molecular weight excluding hydrogens is 268 g/mol. The minimum absolute atomic E-state index is 0.262. The summed E-state index contributed by atoms with van der Waals surface area (Å²) in [7, 11) is 1.36. The highest BCUT2D eigenvalue weighted by Gasteiger charge is 2.15. The van der Waals surface area contributed by atoms with Crippen LogP contribution >= 0.6 is 11.3 Å². The summed E-state index contributed by atoms with van der Waals surface area (Å²) in [4.78, 5) is 26.7. The van der Waals surface area contributed by atoms with E-state index >= 15 is 0 Å². The van der Waals surface area contributed by atoms with E-state index in [-0.39, 0.29) is 11.9 Å². The van der Waals surface area contributed by atoms with Crippen molar-refractivity contribution in [3.63, 3.8) is 0 Å². The van der Waals surface area contributed by atoms with Crippen molar-refractivity contribution in [3.05, 3.63) is 11.1 Å². The van der Waals surface area contributed by atoms with Crippen molar-refractivity contribution >= 4 is 28.4 Å². The Bertz CT molecular complexity index is 433. The summed E-state index contributed by atoms with van der Waals surface area (Å²) in [5.41, 5.74) is 0.800. The van der Waals surface area contributed by atoms with Crippen LogP contribution in [0, 0.1) is 0 Å². The van der Waals surface area contributed by atoms with E-state index in [4.69, 9.17) is 4.74 Å². The van der Waals surface area contributed by atoms with Gasteiger partial charge in [0.25, 0.3) is 0 Å². The molecule has 1 rings (SSSR count). The summed E-state index contributed by atoms with van der Waals surface area (Å²) in [6, 6.07) is -0.445. The third kappa shape index (κ3) is 5.25. The molecule has 19 heavy (non-hydrogen) atoms. The number of nitrogens with one attached hydrogen (secondary N) is 1. The molecule has 106 valence electrons. The molecular formula is C12H18N2O4S. The summed E-state index contributed by atoms with van der Waals surface area (Å²) in [6.45, 7) is 3.83. The second-order valence-electron chi connectivity index (χ2n) is 3.84. The van der Waals surface area contributed by atoms with Crippen molar-refractivity contribution in [2.24, 2.45) is 0 Å². The number of carbonyl (C=O) groups is 2. The highest BCUT2D eigenvalue weighted by Crippen LogP contribution is 2.17. The predicted octanol–water partition coefficient (Wildman–Crippen LogP) is 1.61. The first-order valence-corrected chi connectivity index (χ1v) is 6.89. The van der Waals surface area contributed by atoms with E-state index in [0.29, 0.717) is 24.6 Å². The number of anilines is 1. The summed E-state index contributed by atoms with van der Waals surface area (Å²) in [6.07, 6.45) is 0.825. The first-order valence-electron chi connectivity index (χ1n) is 6.01. The van der Waals surface area contributed by atoms with Gasteiger partial charge in [0.1, 0.15) is 6.04 Å². The maximum atomic E-state index is 11.4. The van der Waals surface area contributed by atoms with Gasteiger partial charge in [-0.25, -0.2) is 9.78 Å². The molecule has 0 aromatic carbocycles. The topological polar surface area (TPSA) is 77.5 Å². The summed E-state index contributed by atoms with van der Waals surface area (Å²) in [5.74, 6) is -0.573. The van der Waals surface area contributed by atoms with Gasteiger partial charge in [0.15, 0.2) is 5.13 Å². The van der Waals surface area contributed by atoms with E-state index < -0.39 is 6.04 Å². The quantitative estimate of drug-likeness (QED) is 0.767. The van der Waals surface area contributed by atoms with Gasteiger partial charge in [-0.3, -0.25) is 4.79 Å². The van der Waals surface area contributed by atoms with Crippen molar-refractivity contribution < 1.29 is 19.1 Å². The molecule has 1 aromatic rings. The molecule has 1 aromatic heterocycles. The van der Waals surface area contributed by atoms with Gasteiger partial charge in [0.05, 0.1) is 25.8 Å². The maximum Gasteiger partial charge on any atom is 0.328 e. The molecule has 1 atom stereocenters. The lowest BCUT2D eigenvalue weighted by Gasteiger charge is -2.10. The van der Waals surface area contributed by atoms with Crippen LogP contribution in [0.25, 0.3) is 0 Å². The van der Waals surface area contributed by atoms with Crippen molar-refractivity contribution in [1.82, 2.24) is 4.98 Å². The van der Waals surface area contributed by atoms with E-state index in [1.807, 2.05) is 5.38 Å². The average molecular weight is 286 g/mol. The fourth-order valence-electron chi connectivity index (χ4n) is 1.33. The molecule has 0 radical (unpaired) electrons. The summed E-state index contributed by atoms with van der Waals surface area (Å²) >= 11 is 1.39. The number of rotatable bonds is 7. The second kappa shape index (κ2) is 7.73. The third-order valence-electron chi connectivity index (χ3n) is 2.34. The predicted molar refractivity (Wildman–Crippen MR) is 72.2 cm³/mol. The molecule has 0 fully saturated rings. The van der Waals surface area contributed by atoms with Crippen LogP contribution in [-0.4, -0.2) is 36.7 Å². The lowest BCUT2D eigenvalue weighted by molar-refractivity contribution is -0.143. The first-order chi connectivity index (χ1) is 9.06. The van der Waals surface area contributed by atoms with Gasteiger partial charge in [-0.2, -0.15) is 0 Å². The molecule has 1 unspecified atom stereocenters. The molecule has 1 heterocycles. The Morgan fingerprint density at radius 3 is 2.89 bits per heavy atom. The van der Waals surface area contributed by atoms with Crippen molar-refractivity contribution in [3.8, 4) is 0 Å². The third-order valence-corrected chi connectivity index (χ3v) is 3.17. The molecule has 0 aliphatic rings. The van der Waals surface area contributed by atoms with Crippen LogP contribution in [0.1, 0.15) is 26.0 Å². The number of methoxy groups -OCH3 is 1. The van der Waals surface area contributed by atoms with Gasteiger partial charge in [-0.05, 0) is 13.8 Å². The van der Waals surface area contributed by atoms with E-state index in [9.17, 15) is 9.59 Å². The van der Waals surface area contributed by atoms with Crippen LogP contribution in [0.5, 0.6) is 0 Å². The Kier molecular flexibility index (Phi) is 6.27. The van der Waals surface area contributed by atoms with E-state index in [0.717, 1.165) is 5.69 Å². The van der Waals surface area contributed by atoms with Crippen molar-refractivity contribution in [2.75, 3.05) is 19.0 Å². The van der Waals surface area contributed by atoms with Gasteiger partial charge >= 0.3 is 11.9 Å². The number of nitrogens with zero attached hydrogens (tertiary/aromatic N) is 1. The Morgan fingerprint density at radius 1 is 1.53 bits per heavy atom. The second-order valence-corrected chi connectivity index (χ2v) is 4.70. The minimum Gasteiger partial charge on any atom is -0.469 e. The van der Waals surface area contributed by atoms with E-state index in [2.05, 4.69) is 15.0 Å². The number of hydrogen-bond donors (Lipinski definition) is 1. The Hall–Kier alpha value is -1.63. The monoisotopic (exact) mass is 286 g/mol. The van der Waals surface area contributed by atoms with Gasteiger partial charge in [0, 0.05) is 11.8 Å². The van der Waals surface area contributed by atoms with E-state index in [1.165, 1.54) is 18.4 Å². The highest BCUT2D eigenvalue weighted by molar-refractivity contribution is 7.13. The van der Waals surface area contributed by atoms with Crippen LogP contribution in [0.2, 0.25) is 0 Å². The average Bonchev–Trinajstić information content (AvgIpc) is 2.83. The zero-order valence-corrected chi connectivity index (χ0v) is 12.1. The zero-order valence-electron chi connectivity index (χ0n) is 11.3. The molecule has 0 amide bonds. The molecule has 0 spiro atoms. The maximum absolute atomic E-state index is 11.4. The van der Waals surface area contributed by atoms with Crippen LogP contribution in [0.4, 0.5) is 5.13 Å². The van der Waals surface area contributed by atoms with Crippen LogP contribution in [0.15, 0.2) is 5.38 Å². The van der Waals surface area contributed by atoms with Crippen molar-refractivity contribution in [2.45, 2.75) is 32.7 Å². The number of aromatic nitrogens is 1. The van der Waals surface area contributed by atoms with Gasteiger partial charge in [-0.1, -0.05) is 0 Å². The fourth-order valence-corrected chi connectivity index (χ4v) is 2.16. The van der Waals surface area contributed by atoms with Crippen LogP contribution in [-0.2, 0) is 25.5 Å². The number of hydrogen-bond acceptors (Lipinski definition) is 7. The molecule has 0 saturated heterocycles. The number of ether oxygens (including phenoxy) is 2. The molecule has 7 heteroatoms. The number of aryl methyl sites for hydroxylation is 1. The zero-order chi connectivity index (χ0) is 14.3. The lowest BCUT2D eigenvalue weighted by Crippen LogP contribution is -2.28. The van der Waals surface area contributed by atoms with Crippen molar-refractivity contribution in [1.29, 1.82) is 0 Å². The fraction of sp³-hybridized carbons (Fsp3) is 0.583. The number of esters is 2. The standard InChI is InChI=1S/C12H18N2O4S/c1-4-18-11(16)8(2)13-12-14-9(7-19-12)5-6-10(15)17-3/h7-8H,4-6H2,1-3H3,(H,13,14). The summed E-state index contributed by atoms with van der Waals surface area (Å²) in [5, 5.41) is 5.45. The van der Waals surface area contributed by atoms with Crippen LogP contribution < -0.4 is 5.32 Å². The van der Waals surface area contributed by atoms with E-state index in [1.54, 1.807) is 13.8 Å². The minimum atomic E-state index is -0.445. The Morgan fingerprint density at radius 2 is 2.26 bits per heavy atom. The molecule has 0 saturated carbocycles. The van der Waals surface area contributed by atoms with Gasteiger partial charge < -0.3 is 14.8 Å². The normalized spacial score (nSPS) is 11.7. The molecule has 0 aliphatic heterocycles. The van der Waals surface area contributed by atoms with Gasteiger partial charge in [0.2, 0.25) is 0 Å². The molecule has 6 nitrogen and oxygen atoms in total. The first kappa shape index (κ1) is 15.4. The van der Waals surface area contributed by atoms with Gasteiger partial charge in [-0.15, -0.1) is 11.3 Å². The molecule has 1 N–H and O–H groups in total. The lowest BCUT2D eigenvalue weighted by atomic mass is 10.2. The number of carbonyl (C=O) groups excluding carboxylic acids is 2. The highest BCUT2D eigenvalue weighted by atomic mass is 32.1. The smallest absolute Gasteiger partial charge is 0.328 e. The van der Waals surface area contributed by atoms with Crippen LogP contribution in [0.3, 0.4) is 0 Å². The molecule has 0 aliphatic carbocycles. The summed E-state index contributed by atoms with van der Waals surface area (Å²) < 4.78 is 9.45. The Labute approximate surface area is 116 Å². The number of thiazole rings is 1. The Balaban J connectivity index is 2.46. The molecule has 0 bridgehead atoms.